The third kappa shape index (κ3) is 7.85. The molecule has 0 N–H and O–H groups in total. The van der Waals surface area contributed by atoms with E-state index in [1.165, 1.54) is 6.08 Å². The van der Waals surface area contributed by atoms with Crippen molar-refractivity contribution in [2.45, 2.75) is 58.4 Å². The molecule has 3 rings (SSSR count). The van der Waals surface area contributed by atoms with E-state index in [2.05, 4.69) is 82.3 Å². The summed E-state index contributed by atoms with van der Waals surface area (Å²) >= 11 is 0. The number of rotatable bonds is 13. The molecule has 0 spiro atoms. The molecule has 5 nitrogen and oxygen atoms in total. The molecule has 3 aromatic carbocycles. The highest BCUT2D eigenvalue weighted by Crippen LogP contribution is 2.31. The summed E-state index contributed by atoms with van der Waals surface area (Å²) in [6.07, 6.45) is 1.69. The molecule has 0 aliphatic carbocycles. The molecule has 0 radical (unpaired) electrons. The fourth-order valence-electron chi connectivity index (χ4n) is 4.62. The van der Waals surface area contributed by atoms with Gasteiger partial charge in [0.25, 0.3) is 0 Å². The van der Waals surface area contributed by atoms with Crippen molar-refractivity contribution in [3.05, 3.63) is 104 Å². The van der Waals surface area contributed by atoms with Gasteiger partial charge in [-0.3, -0.25) is 0 Å². The summed E-state index contributed by atoms with van der Waals surface area (Å²) in [6.45, 7) is 18.6. The van der Waals surface area contributed by atoms with Gasteiger partial charge in [0.1, 0.15) is 0 Å². The maximum atomic E-state index is 12.7. The molecule has 1 unspecified atom stereocenters. The van der Waals surface area contributed by atoms with Crippen molar-refractivity contribution >= 4 is 55.3 Å². The molecule has 208 valence electrons. The largest absolute Gasteiger partial charge is 0.513 e. The molecule has 9 heteroatoms. The molecule has 0 aliphatic heterocycles. The molecule has 3 aromatic rings. The summed E-state index contributed by atoms with van der Waals surface area (Å²) in [6, 6.07) is 30.8. The lowest BCUT2D eigenvalue weighted by Crippen LogP contribution is -2.73. The van der Waals surface area contributed by atoms with Crippen molar-refractivity contribution in [1.29, 1.82) is 0 Å². The Balaban J connectivity index is 2.24. The second kappa shape index (κ2) is 12.9. The summed E-state index contributed by atoms with van der Waals surface area (Å²) in [5, 5.41) is 3.37. The van der Waals surface area contributed by atoms with Gasteiger partial charge in [-0.1, -0.05) is 104 Å². The van der Waals surface area contributed by atoms with Gasteiger partial charge >= 0.3 is 14.8 Å². The molecule has 0 fully saturated rings. The minimum absolute atomic E-state index is 0.490. The second-order valence-electron chi connectivity index (χ2n) is 11.1. The van der Waals surface area contributed by atoms with Crippen LogP contribution in [0.2, 0.25) is 39.3 Å². The van der Waals surface area contributed by atoms with Crippen LogP contribution in [0.3, 0.4) is 0 Å². The van der Waals surface area contributed by atoms with Crippen LogP contribution in [0.4, 0.5) is 0 Å². The molecule has 0 saturated carbocycles. The fourth-order valence-corrected chi connectivity index (χ4v) is 21.5. The first-order valence-corrected chi connectivity index (χ1v) is 24.0. The van der Waals surface area contributed by atoms with E-state index in [4.69, 9.17) is 17.1 Å². The number of hydrogen-bond donors (Lipinski definition) is 0. The first-order valence-electron chi connectivity index (χ1n) is 13.5. The Morgan fingerprint density at radius 1 is 0.667 bits per heavy atom. The van der Waals surface area contributed by atoms with E-state index in [-0.39, 0.29) is 0 Å². The van der Waals surface area contributed by atoms with Gasteiger partial charge in [0.05, 0.1) is 0 Å². The lowest BCUT2D eigenvalue weighted by atomic mass is 10.4. The van der Waals surface area contributed by atoms with Gasteiger partial charge in [0.2, 0.25) is 25.0 Å². The van der Waals surface area contributed by atoms with Gasteiger partial charge < -0.3 is 17.1 Å². The molecule has 0 aromatic heterocycles. The van der Waals surface area contributed by atoms with Crippen molar-refractivity contribution in [1.82, 2.24) is 0 Å². The predicted octanol–water partition coefficient (Wildman–Crippen LogP) is 5.36. The highest BCUT2D eigenvalue weighted by atomic mass is 28.5. The van der Waals surface area contributed by atoms with Gasteiger partial charge in [-0.2, -0.15) is 0 Å². The van der Waals surface area contributed by atoms with Crippen LogP contribution in [0.15, 0.2) is 104 Å². The molecule has 0 saturated heterocycles. The topological polar surface area (TPSA) is 54.0 Å². The third-order valence-electron chi connectivity index (χ3n) is 6.79. The van der Waals surface area contributed by atoms with E-state index in [0.29, 0.717) is 6.42 Å². The number of benzene rings is 3. The summed E-state index contributed by atoms with van der Waals surface area (Å²) in [5.41, 5.74) is -0.690. The number of hydrogen-bond acceptors (Lipinski definition) is 5. The Bertz CT molecular complexity index is 1090. The van der Waals surface area contributed by atoms with E-state index in [0.717, 1.165) is 15.6 Å². The van der Waals surface area contributed by atoms with E-state index in [1.54, 1.807) is 0 Å². The normalized spacial score (nSPS) is 13.5. The monoisotopic (exact) mass is 594 g/mol. The Hall–Kier alpha value is -2.38. The molecule has 1 atom stereocenters. The van der Waals surface area contributed by atoms with Gasteiger partial charge in [-0.25, -0.2) is 4.79 Å². The number of ether oxygens (including phenoxy) is 1. The SMILES string of the molecule is C=CC(=O)OC(CC)[Si](O[Si](C)(C)c1ccccc1)(O[Si](C)(C)c1ccccc1)O[Si](C)(C)c1ccccc1. The summed E-state index contributed by atoms with van der Waals surface area (Å²) < 4.78 is 28.0. The zero-order chi connectivity index (χ0) is 28.7. The van der Waals surface area contributed by atoms with Gasteiger partial charge in [0.15, 0.2) is 5.73 Å². The van der Waals surface area contributed by atoms with E-state index >= 15 is 0 Å². The first-order chi connectivity index (χ1) is 18.4. The van der Waals surface area contributed by atoms with E-state index < -0.39 is 45.5 Å². The smallest absolute Gasteiger partial charge is 0.455 e. The predicted molar refractivity (Wildman–Crippen MR) is 170 cm³/mol. The molecule has 0 bridgehead atoms. The third-order valence-corrected chi connectivity index (χ3v) is 22.8. The van der Waals surface area contributed by atoms with Crippen LogP contribution in [0.5, 0.6) is 0 Å². The van der Waals surface area contributed by atoms with E-state index in [9.17, 15) is 4.79 Å². The van der Waals surface area contributed by atoms with Gasteiger partial charge in [-0.05, 0) is 61.3 Å². The average Bonchev–Trinajstić information content (AvgIpc) is 2.92. The zero-order valence-corrected chi connectivity index (χ0v) is 28.3. The molecule has 0 aliphatic rings. The van der Waals surface area contributed by atoms with Crippen LogP contribution in [-0.2, 0) is 21.9 Å². The average molecular weight is 595 g/mol. The Morgan fingerprint density at radius 3 is 1.23 bits per heavy atom. The van der Waals surface area contributed by atoms with Crippen LogP contribution in [0.25, 0.3) is 0 Å². The van der Waals surface area contributed by atoms with Gasteiger partial charge in [0, 0.05) is 6.08 Å². The molecule has 0 heterocycles. The van der Waals surface area contributed by atoms with Crippen LogP contribution in [0, 0.1) is 0 Å². The number of carbonyl (C=O) groups excluding carboxylic acids is 1. The molecular weight excluding hydrogens is 553 g/mol. The van der Waals surface area contributed by atoms with Crippen molar-refractivity contribution in [2.24, 2.45) is 0 Å². The minimum atomic E-state index is -3.76. The molecule has 39 heavy (non-hydrogen) atoms. The highest BCUT2D eigenvalue weighted by molar-refractivity contribution is 6.99. The molecule has 0 amide bonds. The van der Waals surface area contributed by atoms with Crippen molar-refractivity contribution in [3.8, 4) is 0 Å². The van der Waals surface area contributed by atoms with Gasteiger partial charge in [-0.15, -0.1) is 0 Å². The fraction of sp³-hybridized carbons (Fsp3) is 0.300. The zero-order valence-electron chi connectivity index (χ0n) is 24.3. The second-order valence-corrected chi connectivity index (χ2v) is 26.2. The maximum Gasteiger partial charge on any atom is 0.513 e. The summed E-state index contributed by atoms with van der Waals surface area (Å²) in [4.78, 5) is 12.7. The Morgan fingerprint density at radius 2 is 0.974 bits per heavy atom. The summed E-state index contributed by atoms with van der Waals surface area (Å²) in [5.74, 6) is -0.507. The lowest BCUT2D eigenvalue weighted by Gasteiger charge is -2.47. The van der Waals surface area contributed by atoms with Crippen LogP contribution in [0.1, 0.15) is 13.3 Å². The van der Waals surface area contributed by atoms with E-state index in [1.807, 2.05) is 61.5 Å². The quantitative estimate of drug-likeness (QED) is 0.152. The minimum Gasteiger partial charge on any atom is -0.455 e. The Kier molecular flexibility index (Phi) is 10.3. The lowest BCUT2D eigenvalue weighted by molar-refractivity contribution is -0.141. The number of carbonyl (C=O) groups is 1. The number of esters is 1. The molecular formula is C30H42O5Si4. The van der Waals surface area contributed by atoms with Crippen LogP contribution >= 0.6 is 0 Å². The van der Waals surface area contributed by atoms with Crippen molar-refractivity contribution < 1.29 is 21.9 Å². The standard InChI is InChI=1S/C30H42O5Si4/c1-9-29(31)32-30(10-2)39(33-36(3,4)26-20-14-11-15-21-26,34-37(5,6)27-22-16-12-17-23-27)35-38(7,8)28-24-18-13-19-25-28/h9,11-25,30H,1,10H2,2-8H3. The Labute approximate surface area is 238 Å². The maximum absolute atomic E-state index is 12.7. The summed E-state index contributed by atoms with van der Waals surface area (Å²) in [7, 11) is -11.6. The van der Waals surface area contributed by atoms with Crippen LogP contribution in [-0.4, -0.2) is 45.5 Å². The van der Waals surface area contributed by atoms with Crippen LogP contribution < -0.4 is 15.6 Å². The first kappa shape index (κ1) is 31.1. The van der Waals surface area contributed by atoms with Crippen molar-refractivity contribution in [2.75, 3.05) is 0 Å². The highest BCUT2D eigenvalue weighted by Gasteiger charge is 2.60. The van der Waals surface area contributed by atoms with Crippen molar-refractivity contribution in [3.63, 3.8) is 0 Å².